The quantitative estimate of drug-likeness (QED) is 0.914. The van der Waals surface area contributed by atoms with Crippen LogP contribution in [0.3, 0.4) is 0 Å². The van der Waals surface area contributed by atoms with Crippen LogP contribution in [-0.2, 0) is 0 Å². The summed E-state index contributed by atoms with van der Waals surface area (Å²) in [5, 5.41) is 3.15. The van der Waals surface area contributed by atoms with E-state index in [0.29, 0.717) is 17.3 Å². The van der Waals surface area contributed by atoms with Crippen LogP contribution >= 0.6 is 11.6 Å². The summed E-state index contributed by atoms with van der Waals surface area (Å²) in [6, 6.07) is 0. The smallest absolute Gasteiger partial charge is 0.231 e. The first-order valence-electron chi connectivity index (χ1n) is 6.40. The number of nitrogens with one attached hydrogen (secondary N) is 1. The van der Waals surface area contributed by atoms with Gasteiger partial charge < -0.3 is 10.2 Å². The largest absolute Gasteiger partial charge is 0.357 e. The Hall–Kier alpha value is -1.10. The van der Waals surface area contributed by atoms with E-state index in [1.54, 1.807) is 7.05 Å². The molecule has 1 aliphatic heterocycles. The lowest BCUT2D eigenvalue weighted by atomic mass is 9.78. The van der Waals surface area contributed by atoms with E-state index in [2.05, 4.69) is 39.0 Å². The van der Waals surface area contributed by atoms with E-state index in [-0.39, 0.29) is 5.28 Å². The zero-order valence-corrected chi connectivity index (χ0v) is 12.0. The van der Waals surface area contributed by atoms with Gasteiger partial charge in [-0.2, -0.15) is 15.0 Å². The molecule has 1 aromatic rings. The fourth-order valence-corrected chi connectivity index (χ4v) is 2.35. The highest BCUT2D eigenvalue weighted by atomic mass is 35.5. The van der Waals surface area contributed by atoms with Crippen molar-refractivity contribution >= 4 is 23.5 Å². The second-order valence-electron chi connectivity index (χ2n) is 5.13. The van der Waals surface area contributed by atoms with Gasteiger partial charge in [-0.25, -0.2) is 0 Å². The Morgan fingerprint density at radius 1 is 1.28 bits per heavy atom. The zero-order valence-electron chi connectivity index (χ0n) is 11.2. The fourth-order valence-electron chi connectivity index (χ4n) is 2.19. The molecule has 0 atom stereocenters. The summed E-state index contributed by atoms with van der Waals surface area (Å²) in [6.07, 6.45) is 3.56. The molecule has 1 aliphatic rings. The maximum absolute atomic E-state index is 5.90. The van der Waals surface area contributed by atoms with Crippen LogP contribution < -0.4 is 10.2 Å². The molecule has 0 radical (unpaired) electrons. The van der Waals surface area contributed by atoms with Gasteiger partial charge in [-0.1, -0.05) is 20.3 Å². The molecule has 2 rings (SSSR count). The predicted octanol–water partition coefficient (Wildman–Crippen LogP) is 2.58. The van der Waals surface area contributed by atoms with Gasteiger partial charge in [-0.3, -0.25) is 0 Å². The minimum Gasteiger partial charge on any atom is -0.357 e. The first-order chi connectivity index (χ1) is 8.56. The molecule has 1 fully saturated rings. The average molecular weight is 270 g/mol. The lowest BCUT2D eigenvalue weighted by Crippen LogP contribution is -2.39. The molecule has 0 aromatic carbocycles. The standard InChI is InChI=1S/C12H20ClN5/c1-4-12(2)5-7-18(8-6-12)11-16-9(13)15-10(14-3)17-11/h4-8H2,1-3H3,(H,14,15,16,17). The van der Waals surface area contributed by atoms with Crippen molar-refractivity contribution in [1.29, 1.82) is 0 Å². The van der Waals surface area contributed by atoms with Gasteiger partial charge in [0.15, 0.2) is 0 Å². The van der Waals surface area contributed by atoms with Crippen molar-refractivity contribution in [3.05, 3.63) is 5.28 Å². The SMILES string of the molecule is CCC1(C)CCN(c2nc(Cl)nc(NC)n2)CC1. The van der Waals surface area contributed by atoms with Crippen molar-refractivity contribution in [3.63, 3.8) is 0 Å². The molecule has 1 saturated heterocycles. The van der Waals surface area contributed by atoms with Crippen LogP contribution in [0.4, 0.5) is 11.9 Å². The number of anilines is 2. The molecule has 1 N–H and O–H groups in total. The Morgan fingerprint density at radius 3 is 2.50 bits per heavy atom. The van der Waals surface area contributed by atoms with Crippen molar-refractivity contribution in [2.24, 2.45) is 5.41 Å². The molecular weight excluding hydrogens is 250 g/mol. The molecule has 0 unspecified atom stereocenters. The number of hydrogen-bond donors (Lipinski definition) is 1. The minimum atomic E-state index is 0.244. The number of piperidine rings is 1. The van der Waals surface area contributed by atoms with E-state index in [0.717, 1.165) is 13.1 Å². The summed E-state index contributed by atoms with van der Waals surface area (Å²) < 4.78 is 0. The summed E-state index contributed by atoms with van der Waals surface area (Å²) >= 11 is 5.90. The molecular formula is C12H20ClN5. The lowest BCUT2D eigenvalue weighted by molar-refractivity contribution is 0.237. The minimum absolute atomic E-state index is 0.244. The number of halogens is 1. The van der Waals surface area contributed by atoms with Crippen LogP contribution in [0, 0.1) is 5.41 Å². The highest BCUT2D eigenvalue weighted by Crippen LogP contribution is 2.35. The summed E-state index contributed by atoms with van der Waals surface area (Å²) in [6.45, 7) is 6.57. The number of hydrogen-bond acceptors (Lipinski definition) is 5. The van der Waals surface area contributed by atoms with Crippen LogP contribution in [0.1, 0.15) is 33.1 Å². The van der Waals surface area contributed by atoms with Crippen molar-refractivity contribution in [3.8, 4) is 0 Å². The molecule has 1 aromatic heterocycles. The van der Waals surface area contributed by atoms with E-state index in [1.165, 1.54) is 19.3 Å². The molecule has 0 aliphatic carbocycles. The summed E-state index contributed by atoms with van der Waals surface area (Å²) in [4.78, 5) is 14.7. The summed E-state index contributed by atoms with van der Waals surface area (Å²) in [7, 11) is 1.78. The van der Waals surface area contributed by atoms with Gasteiger partial charge >= 0.3 is 0 Å². The van der Waals surface area contributed by atoms with Gasteiger partial charge in [-0.05, 0) is 29.9 Å². The van der Waals surface area contributed by atoms with E-state index in [4.69, 9.17) is 11.6 Å². The lowest BCUT2D eigenvalue weighted by Gasteiger charge is -2.38. The molecule has 100 valence electrons. The van der Waals surface area contributed by atoms with Crippen molar-refractivity contribution < 1.29 is 0 Å². The van der Waals surface area contributed by atoms with E-state index >= 15 is 0 Å². The van der Waals surface area contributed by atoms with Gasteiger partial charge in [0.25, 0.3) is 0 Å². The van der Waals surface area contributed by atoms with E-state index in [9.17, 15) is 0 Å². The van der Waals surface area contributed by atoms with Crippen LogP contribution in [0.2, 0.25) is 5.28 Å². The second-order valence-corrected chi connectivity index (χ2v) is 5.47. The van der Waals surface area contributed by atoms with Gasteiger partial charge in [0.2, 0.25) is 17.2 Å². The van der Waals surface area contributed by atoms with Crippen LogP contribution in [0.25, 0.3) is 0 Å². The van der Waals surface area contributed by atoms with Gasteiger partial charge in [0.1, 0.15) is 0 Å². The third-order valence-electron chi connectivity index (χ3n) is 3.93. The highest BCUT2D eigenvalue weighted by Gasteiger charge is 2.29. The van der Waals surface area contributed by atoms with Crippen LogP contribution in [0.5, 0.6) is 0 Å². The maximum Gasteiger partial charge on any atom is 0.231 e. The molecule has 18 heavy (non-hydrogen) atoms. The van der Waals surface area contributed by atoms with Gasteiger partial charge in [0.05, 0.1) is 0 Å². The van der Waals surface area contributed by atoms with Gasteiger partial charge in [-0.15, -0.1) is 0 Å². The second kappa shape index (κ2) is 5.26. The average Bonchev–Trinajstić information content (AvgIpc) is 2.39. The molecule has 0 amide bonds. The Morgan fingerprint density at radius 2 is 1.94 bits per heavy atom. The Kier molecular flexibility index (Phi) is 3.90. The Bertz CT molecular complexity index is 415. The molecule has 2 heterocycles. The normalized spacial score (nSPS) is 18.8. The summed E-state index contributed by atoms with van der Waals surface area (Å²) in [5.41, 5.74) is 0.458. The van der Waals surface area contributed by atoms with Crippen molar-refractivity contribution in [2.45, 2.75) is 33.1 Å². The Balaban J connectivity index is 2.12. The topological polar surface area (TPSA) is 53.9 Å². The molecule has 0 spiro atoms. The molecule has 0 bridgehead atoms. The number of rotatable bonds is 3. The zero-order chi connectivity index (χ0) is 13.2. The third kappa shape index (κ3) is 2.83. The predicted molar refractivity (Wildman–Crippen MR) is 74.2 cm³/mol. The first kappa shape index (κ1) is 13.3. The summed E-state index contributed by atoms with van der Waals surface area (Å²) in [5.74, 6) is 1.20. The maximum atomic E-state index is 5.90. The third-order valence-corrected chi connectivity index (χ3v) is 4.10. The highest BCUT2D eigenvalue weighted by molar-refractivity contribution is 6.28. The van der Waals surface area contributed by atoms with Crippen LogP contribution in [-0.4, -0.2) is 35.1 Å². The molecule has 0 saturated carbocycles. The fraction of sp³-hybridized carbons (Fsp3) is 0.750. The van der Waals surface area contributed by atoms with Crippen LogP contribution in [0.15, 0.2) is 0 Å². The monoisotopic (exact) mass is 269 g/mol. The first-order valence-corrected chi connectivity index (χ1v) is 6.78. The number of aromatic nitrogens is 3. The van der Waals surface area contributed by atoms with Gasteiger partial charge in [0, 0.05) is 20.1 Å². The molecule has 5 nitrogen and oxygen atoms in total. The van der Waals surface area contributed by atoms with Crippen molar-refractivity contribution in [2.75, 3.05) is 30.4 Å². The molecule has 6 heteroatoms. The Labute approximate surface area is 113 Å². The van der Waals surface area contributed by atoms with E-state index < -0.39 is 0 Å². The van der Waals surface area contributed by atoms with E-state index in [1.807, 2.05) is 0 Å². The van der Waals surface area contributed by atoms with Crippen molar-refractivity contribution in [1.82, 2.24) is 15.0 Å². The number of nitrogens with zero attached hydrogens (tertiary/aromatic N) is 4.